The van der Waals surface area contributed by atoms with Crippen molar-refractivity contribution in [1.29, 1.82) is 0 Å². The number of aryl methyl sites for hydroxylation is 1. The molecule has 3 N–H and O–H groups in total. The monoisotopic (exact) mass is 429 g/mol. The number of carbonyl (C=O) groups excluding carboxylic acids is 2. The maximum absolute atomic E-state index is 13.9. The minimum atomic E-state index is -4.25. The molecule has 1 heterocycles. The summed E-state index contributed by atoms with van der Waals surface area (Å²) in [6, 6.07) is 3.69. The van der Waals surface area contributed by atoms with E-state index < -0.39 is 41.3 Å². The zero-order valence-electron chi connectivity index (χ0n) is 17.1. The summed E-state index contributed by atoms with van der Waals surface area (Å²) >= 11 is 0. The lowest BCUT2D eigenvalue weighted by Gasteiger charge is -2.50. The van der Waals surface area contributed by atoms with Crippen LogP contribution in [0.5, 0.6) is 0 Å². The average Bonchev–Trinajstić information content (AvgIpc) is 2.66. The molecule has 0 bridgehead atoms. The minimum Gasteiger partial charge on any atom is -0.352 e. The summed E-state index contributed by atoms with van der Waals surface area (Å²) < 4.78 is 53.4. The number of primary amides is 1. The van der Waals surface area contributed by atoms with Crippen molar-refractivity contribution in [2.75, 3.05) is 13.1 Å². The van der Waals surface area contributed by atoms with Crippen molar-refractivity contribution < 1.29 is 27.2 Å². The van der Waals surface area contributed by atoms with E-state index in [-0.39, 0.29) is 44.7 Å². The van der Waals surface area contributed by atoms with Crippen LogP contribution in [0.15, 0.2) is 18.2 Å². The molecule has 3 rings (SSSR count). The van der Waals surface area contributed by atoms with Gasteiger partial charge in [-0.15, -0.1) is 0 Å². The lowest BCUT2D eigenvalue weighted by Crippen LogP contribution is -2.69. The van der Waals surface area contributed by atoms with Crippen LogP contribution in [0.1, 0.15) is 49.7 Å². The Hall–Kier alpha value is -2.32. The average molecular weight is 429 g/mol. The van der Waals surface area contributed by atoms with E-state index in [1.807, 2.05) is 0 Å². The second-order valence-corrected chi connectivity index (χ2v) is 8.53. The van der Waals surface area contributed by atoms with Crippen molar-refractivity contribution in [3.8, 4) is 0 Å². The number of amides is 3. The van der Waals surface area contributed by atoms with E-state index in [1.54, 1.807) is 26.0 Å². The molecule has 2 aliphatic rings. The Balaban J connectivity index is 2.05. The molecule has 1 unspecified atom stereocenters. The Morgan fingerprint density at radius 3 is 2.43 bits per heavy atom. The molecule has 1 aromatic carbocycles. The number of alkyl halides is 3. The number of nitrogens with two attached hydrogens (primary N) is 1. The first-order valence-electron chi connectivity index (χ1n) is 10.1. The Labute approximate surface area is 173 Å². The van der Waals surface area contributed by atoms with Gasteiger partial charge in [0, 0.05) is 19.0 Å². The molecule has 1 saturated carbocycles. The molecule has 5 nitrogen and oxygen atoms in total. The molecule has 2 atom stereocenters. The number of urea groups is 1. The first-order chi connectivity index (χ1) is 14.0. The molecule has 1 aliphatic heterocycles. The van der Waals surface area contributed by atoms with Gasteiger partial charge < -0.3 is 16.0 Å². The minimum absolute atomic E-state index is 0.0425. The van der Waals surface area contributed by atoms with Crippen LogP contribution in [0.25, 0.3) is 0 Å². The zero-order chi connectivity index (χ0) is 22.3. The van der Waals surface area contributed by atoms with Gasteiger partial charge in [-0.25, -0.2) is 9.18 Å². The summed E-state index contributed by atoms with van der Waals surface area (Å²) in [4.78, 5) is 26.5. The van der Waals surface area contributed by atoms with Gasteiger partial charge in [-0.1, -0.05) is 12.1 Å². The Morgan fingerprint density at radius 1 is 1.27 bits per heavy atom. The summed E-state index contributed by atoms with van der Waals surface area (Å²) in [6.07, 6.45) is -3.84. The Morgan fingerprint density at radius 2 is 1.90 bits per heavy atom. The second kappa shape index (κ2) is 8.07. The summed E-state index contributed by atoms with van der Waals surface area (Å²) in [5, 5.41) is 2.76. The van der Waals surface area contributed by atoms with Crippen molar-refractivity contribution in [3.63, 3.8) is 0 Å². The molecular formula is C21H27F4N3O2. The van der Waals surface area contributed by atoms with Crippen LogP contribution < -0.4 is 11.1 Å². The largest absolute Gasteiger partial charge is 0.391 e. The van der Waals surface area contributed by atoms with Crippen LogP contribution in [0.3, 0.4) is 0 Å². The van der Waals surface area contributed by atoms with Crippen molar-refractivity contribution in [2.24, 2.45) is 17.6 Å². The SMILES string of the molecule is Cc1cc([C@H](C2CCC(C(F)(F)F)CC2)C2(C)C(=O)NCCN2C(N)=O)ccc1F. The molecule has 0 radical (unpaired) electrons. The summed E-state index contributed by atoms with van der Waals surface area (Å²) in [5.74, 6) is -3.09. The first-order valence-corrected chi connectivity index (χ1v) is 10.1. The van der Waals surface area contributed by atoms with E-state index in [9.17, 15) is 27.2 Å². The fraction of sp³-hybridized carbons (Fsp3) is 0.619. The fourth-order valence-electron chi connectivity index (χ4n) is 5.16. The van der Waals surface area contributed by atoms with Crippen LogP contribution >= 0.6 is 0 Å². The fourth-order valence-corrected chi connectivity index (χ4v) is 5.16. The van der Waals surface area contributed by atoms with Gasteiger partial charge in [0.15, 0.2) is 0 Å². The van der Waals surface area contributed by atoms with Crippen LogP contribution in [-0.2, 0) is 4.79 Å². The molecule has 0 aromatic heterocycles. The van der Waals surface area contributed by atoms with E-state index >= 15 is 0 Å². The molecular weight excluding hydrogens is 402 g/mol. The Kier molecular flexibility index (Phi) is 6.02. The van der Waals surface area contributed by atoms with Crippen molar-refractivity contribution in [3.05, 3.63) is 35.1 Å². The van der Waals surface area contributed by atoms with Crippen LogP contribution in [0, 0.1) is 24.6 Å². The molecule has 2 fully saturated rings. The van der Waals surface area contributed by atoms with Gasteiger partial charge in [0.25, 0.3) is 0 Å². The number of carbonyl (C=O) groups is 2. The molecule has 1 aromatic rings. The molecule has 1 aliphatic carbocycles. The van der Waals surface area contributed by atoms with Gasteiger partial charge in [0.1, 0.15) is 11.4 Å². The molecule has 9 heteroatoms. The zero-order valence-corrected chi connectivity index (χ0v) is 17.1. The Bertz CT molecular complexity index is 821. The lowest BCUT2D eigenvalue weighted by atomic mass is 9.64. The highest BCUT2D eigenvalue weighted by atomic mass is 19.4. The molecule has 166 valence electrons. The van der Waals surface area contributed by atoms with Crippen molar-refractivity contribution in [1.82, 2.24) is 10.2 Å². The van der Waals surface area contributed by atoms with E-state index in [4.69, 9.17) is 5.73 Å². The van der Waals surface area contributed by atoms with E-state index in [0.717, 1.165) is 0 Å². The van der Waals surface area contributed by atoms with Gasteiger partial charge in [-0.3, -0.25) is 4.79 Å². The van der Waals surface area contributed by atoms with E-state index in [0.29, 0.717) is 11.1 Å². The third-order valence-electron chi connectivity index (χ3n) is 6.76. The highest BCUT2D eigenvalue weighted by molar-refractivity contribution is 5.92. The second-order valence-electron chi connectivity index (χ2n) is 8.53. The number of benzene rings is 1. The number of nitrogens with one attached hydrogen (secondary N) is 1. The predicted octanol–water partition coefficient (Wildman–Crippen LogP) is 3.86. The third kappa shape index (κ3) is 3.98. The highest BCUT2D eigenvalue weighted by Crippen LogP contribution is 2.49. The van der Waals surface area contributed by atoms with Crippen molar-refractivity contribution in [2.45, 2.75) is 57.2 Å². The number of hydrogen-bond acceptors (Lipinski definition) is 2. The number of hydrogen-bond donors (Lipinski definition) is 2. The van der Waals surface area contributed by atoms with Crippen molar-refractivity contribution >= 4 is 11.9 Å². The number of piperazine rings is 1. The van der Waals surface area contributed by atoms with Gasteiger partial charge in [-0.05, 0) is 62.6 Å². The van der Waals surface area contributed by atoms with Crippen LogP contribution in [-0.4, -0.2) is 41.6 Å². The van der Waals surface area contributed by atoms with E-state index in [1.165, 1.54) is 11.0 Å². The normalized spacial score (nSPS) is 28.7. The lowest BCUT2D eigenvalue weighted by molar-refractivity contribution is -0.185. The molecule has 0 spiro atoms. The van der Waals surface area contributed by atoms with Crippen LogP contribution in [0.2, 0.25) is 0 Å². The maximum atomic E-state index is 13.9. The molecule has 30 heavy (non-hydrogen) atoms. The molecule has 3 amide bonds. The predicted molar refractivity (Wildman–Crippen MR) is 103 cm³/mol. The molecule has 1 saturated heterocycles. The van der Waals surface area contributed by atoms with Gasteiger partial charge in [0.2, 0.25) is 5.91 Å². The number of nitrogens with zero attached hydrogens (tertiary/aromatic N) is 1. The summed E-state index contributed by atoms with van der Waals surface area (Å²) in [7, 11) is 0. The number of halogens is 4. The highest BCUT2D eigenvalue weighted by Gasteiger charge is 2.54. The number of rotatable bonds is 3. The quantitative estimate of drug-likeness (QED) is 0.716. The topological polar surface area (TPSA) is 75.4 Å². The summed E-state index contributed by atoms with van der Waals surface area (Å²) in [5.41, 5.74) is 5.19. The maximum Gasteiger partial charge on any atom is 0.391 e. The van der Waals surface area contributed by atoms with Gasteiger partial charge >= 0.3 is 12.2 Å². The van der Waals surface area contributed by atoms with Gasteiger partial charge in [0.05, 0.1) is 5.92 Å². The van der Waals surface area contributed by atoms with Crippen LogP contribution in [0.4, 0.5) is 22.4 Å². The van der Waals surface area contributed by atoms with Gasteiger partial charge in [-0.2, -0.15) is 13.2 Å². The third-order valence-corrected chi connectivity index (χ3v) is 6.76. The standard InChI is InChI=1S/C21H27F4N3O2/c1-12-11-14(5-8-16(12)22)17(13-3-6-15(7-4-13)21(23,24)25)20(2)18(29)27-9-10-28(20)19(26)30/h5,8,11,13,15,17H,3-4,6-7,9-10H2,1-2H3,(H2,26,30)(H,27,29)/t13?,15?,17-,20?/m0/s1. The van der Waals surface area contributed by atoms with E-state index in [2.05, 4.69) is 5.32 Å². The summed E-state index contributed by atoms with van der Waals surface area (Å²) in [6.45, 7) is 3.64. The first kappa shape index (κ1) is 22.4. The smallest absolute Gasteiger partial charge is 0.352 e.